The Bertz CT molecular complexity index is 231. The Kier molecular flexibility index (Phi) is 4.70. The first-order valence-corrected chi connectivity index (χ1v) is 4.98. The summed E-state index contributed by atoms with van der Waals surface area (Å²) in [5.41, 5.74) is 0. The Morgan fingerprint density at radius 3 is 2.79 bits per heavy atom. The lowest BCUT2D eigenvalue weighted by molar-refractivity contribution is 0.145. The molecule has 1 rings (SSSR count). The van der Waals surface area contributed by atoms with Crippen LogP contribution in [-0.4, -0.2) is 19.8 Å². The van der Waals surface area contributed by atoms with Gasteiger partial charge in [-0.05, 0) is 18.1 Å². The number of methoxy groups -OCH3 is 1. The summed E-state index contributed by atoms with van der Waals surface area (Å²) in [7, 11) is 1.73. The highest BCUT2D eigenvalue weighted by Gasteiger charge is 2.12. The average molecular weight is 197 g/mol. The molecule has 0 spiro atoms. The van der Waals surface area contributed by atoms with Gasteiger partial charge in [-0.25, -0.2) is 0 Å². The van der Waals surface area contributed by atoms with Gasteiger partial charge in [-0.3, -0.25) is 0 Å². The molecule has 3 nitrogen and oxygen atoms in total. The van der Waals surface area contributed by atoms with Gasteiger partial charge in [0.25, 0.3) is 0 Å². The lowest BCUT2D eigenvalue weighted by Gasteiger charge is -2.20. The van der Waals surface area contributed by atoms with E-state index in [1.807, 2.05) is 12.1 Å². The van der Waals surface area contributed by atoms with Gasteiger partial charge in [0.1, 0.15) is 5.76 Å². The Morgan fingerprint density at radius 2 is 2.29 bits per heavy atom. The zero-order valence-corrected chi connectivity index (χ0v) is 9.12. The van der Waals surface area contributed by atoms with Crippen LogP contribution in [0.15, 0.2) is 22.8 Å². The molecule has 0 aliphatic carbocycles. The number of ether oxygens (including phenoxy) is 1. The molecule has 3 heteroatoms. The molecule has 1 N–H and O–H groups in total. The van der Waals surface area contributed by atoms with Gasteiger partial charge in [-0.1, -0.05) is 13.8 Å². The molecule has 14 heavy (non-hydrogen) atoms. The van der Waals surface area contributed by atoms with Crippen LogP contribution >= 0.6 is 0 Å². The molecule has 0 saturated heterocycles. The van der Waals surface area contributed by atoms with Gasteiger partial charge in [0.15, 0.2) is 0 Å². The topological polar surface area (TPSA) is 34.4 Å². The zero-order valence-electron chi connectivity index (χ0n) is 9.12. The minimum atomic E-state index is 0.380. The molecule has 1 aromatic heterocycles. The molecule has 0 radical (unpaired) electrons. The van der Waals surface area contributed by atoms with E-state index in [1.165, 1.54) is 0 Å². The van der Waals surface area contributed by atoms with Crippen molar-refractivity contribution in [2.24, 2.45) is 5.92 Å². The van der Waals surface area contributed by atoms with Crippen molar-refractivity contribution in [3.8, 4) is 0 Å². The van der Waals surface area contributed by atoms with Gasteiger partial charge < -0.3 is 14.5 Å². The highest BCUT2D eigenvalue weighted by atomic mass is 16.5. The third-order valence-corrected chi connectivity index (χ3v) is 2.27. The molecule has 1 unspecified atom stereocenters. The Labute approximate surface area is 85.4 Å². The van der Waals surface area contributed by atoms with Gasteiger partial charge >= 0.3 is 0 Å². The fraction of sp³-hybridized carbons (Fsp3) is 0.636. The lowest BCUT2D eigenvalue weighted by atomic mass is 10.1. The van der Waals surface area contributed by atoms with Crippen molar-refractivity contribution in [3.63, 3.8) is 0 Å². The first kappa shape index (κ1) is 11.3. The van der Waals surface area contributed by atoms with Crippen LogP contribution in [0.1, 0.15) is 19.6 Å². The van der Waals surface area contributed by atoms with Crippen molar-refractivity contribution in [2.45, 2.75) is 26.4 Å². The van der Waals surface area contributed by atoms with E-state index in [0.717, 1.165) is 18.9 Å². The average Bonchev–Trinajstić information content (AvgIpc) is 2.64. The normalized spacial score (nSPS) is 13.4. The van der Waals surface area contributed by atoms with Crippen molar-refractivity contribution >= 4 is 0 Å². The van der Waals surface area contributed by atoms with Gasteiger partial charge in [0.2, 0.25) is 0 Å². The van der Waals surface area contributed by atoms with Crippen molar-refractivity contribution < 1.29 is 9.15 Å². The molecule has 0 saturated carbocycles. The summed E-state index contributed by atoms with van der Waals surface area (Å²) in [5, 5.41) is 3.40. The standard InChI is InChI=1S/C11H19NO2/c1-9(2)11(8-13-3)12-7-10-5-4-6-14-10/h4-6,9,11-12H,7-8H2,1-3H3. The quantitative estimate of drug-likeness (QED) is 0.757. The predicted molar refractivity (Wildman–Crippen MR) is 56.0 cm³/mol. The molecule has 0 fully saturated rings. The van der Waals surface area contributed by atoms with E-state index in [2.05, 4.69) is 19.2 Å². The van der Waals surface area contributed by atoms with E-state index in [1.54, 1.807) is 13.4 Å². The van der Waals surface area contributed by atoms with Crippen molar-refractivity contribution in [1.29, 1.82) is 0 Å². The maximum Gasteiger partial charge on any atom is 0.117 e. The van der Waals surface area contributed by atoms with Crippen molar-refractivity contribution in [3.05, 3.63) is 24.2 Å². The molecule has 0 bridgehead atoms. The second-order valence-corrected chi connectivity index (χ2v) is 3.77. The molecule has 0 aliphatic rings. The fourth-order valence-electron chi connectivity index (χ4n) is 1.31. The first-order chi connectivity index (χ1) is 6.74. The molecular weight excluding hydrogens is 178 g/mol. The van der Waals surface area contributed by atoms with E-state index in [0.29, 0.717) is 12.0 Å². The molecule has 0 aromatic carbocycles. The van der Waals surface area contributed by atoms with Gasteiger partial charge in [0, 0.05) is 13.2 Å². The molecular formula is C11H19NO2. The highest BCUT2D eigenvalue weighted by molar-refractivity contribution is 4.97. The summed E-state index contributed by atoms with van der Waals surface area (Å²) in [6.07, 6.45) is 1.69. The first-order valence-electron chi connectivity index (χ1n) is 4.98. The fourth-order valence-corrected chi connectivity index (χ4v) is 1.31. The van der Waals surface area contributed by atoms with Crippen LogP contribution in [-0.2, 0) is 11.3 Å². The Hall–Kier alpha value is -0.800. The smallest absolute Gasteiger partial charge is 0.117 e. The van der Waals surface area contributed by atoms with Crippen LogP contribution in [0.4, 0.5) is 0 Å². The van der Waals surface area contributed by atoms with E-state index in [4.69, 9.17) is 9.15 Å². The molecule has 1 heterocycles. The molecule has 0 aliphatic heterocycles. The Balaban J connectivity index is 2.33. The summed E-state index contributed by atoms with van der Waals surface area (Å²) in [5.74, 6) is 1.52. The number of hydrogen-bond acceptors (Lipinski definition) is 3. The van der Waals surface area contributed by atoms with Crippen LogP contribution in [0.2, 0.25) is 0 Å². The zero-order chi connectivity index (χ0) is 10.4. The Morgan fingerprint density at radius 1 is 1.50 bits per heavy atom. The van der Waals surface area contributed by atoms with Crippen molar-refractivity contribution in [1.82, 2.24) is 5.32 Å². The van der Waals surface area contributed by atoms with Crippen LogP contribution in [0.5, 0.6) is 0 Å². The summed E-state index contributed by atoms with van der Waals surface area (Å²) in [6.45, 7) is 5.86. The number of furan rings is 1. The van der Waals surface area contributed by atoms with Crippen LogP contribution in [0.3, 0.4) is 0 Å². The maximum absolute atomic E-state index is 5.24. The highest BCUT2D eigenvalue weighted by Crippen LogP contribution is 2.05. The molecule has 80 valence electrons. The molecule has 0 amide bonds. The minimum absolute atomic E-state index is 0.380. The number of hydrogen-bond donors (Lipinski definition) is 1. The molecule has 1 aromatic rings. The number of nitrogens with one attached hydrogen (secondary N) is 1. The number of rotatable bonds is 6. The predicted octanol–water partition coefficient (Wildman–Crippen LogP) is 2.04. The summed E-state index contributed by atoms with van der Waals surface area (Å²) in [4.78, 5) is 0. The molecule has 1 atom stereocenters. The van der Waals surface area contributed by atoms with E-state index < -0.39 is 0 Å². The van der Waals surface area contributed by atoms with E-state index in [9.17, 15) is 0 Å². The van der Waals surface area contributed by atoms with Crippen molar-refractivity contribution in [2.75, 3.05) is 13.7 Å². The summed E-state index contributed by atoms with van der Waals surface area (Å²) < 4.78 is 10.4. The summed E-state index contributed by atoms with van der Waals surface area (Å²) >= 11 is 0. The van der Waals surface area contributed by atoms with Crippen LogP contribution in [0, 0.1) is 5.92 Å². The third kappa shape index (κ3) is 3.52. The lowest BCUT2D eigenvalue weighted by Crippen LogP contribution is -2.37. The van der Waals surface area contributed by atoms with Gasteiger partial charge in [-0.2, -0.15) is 0 Å². The minimum Gasteiger partial charge on any atom is -0.468 e. The second kappa shape index (κ2) is 5.83. The SMILES string of the molecule is COCC(NCc1ccco1)C(C)C. The summed E-state index contributed by atoms with van der Waals surface area (Å²) in [6, 6.07) is 4.25. The van der Waals surface area contributed by atoms with E-state index >= 15 is 0 Å². The largest absolute Gasteiger partial charge is 0.468 e. The van der Waals surface area contributed by atoms with Crippen LogP contribution in [0.25, 0.3) is 0 Å². The maximum atomic E-state index is 5.24. The second-order valence-electron chi connectivity index (χ2n) is 3.77. The third-order valence-electron chi connectivity index (χ3n) is 2.27. The van der Waals surface area contributed by atoms with Gasteiger partial charge in [0.05, 0.1) is 19.4 Å². The van der Waals surface area contributed by atoms with Gasteiger partial charge in [-0.15, -0.1) is 0 Å². The van der Waals surface area contributed by atoms with E-state index in [-0.39, 0.29) is 0 Å². The monoisotopic (exact) mass is 197 g/mol. The van der Waals surface area contributed by atoms with Crippen LogP contribution < -0.4 is 5.32 Å².